The van der Waals surface area contributed by atoms with Gasteiger partial charge in [-0.2, -0.15) is 4.31 Å². The molecule has 1 heterocycles. The van der Waals surface area contributed by atoms with Gasteiger partial charge in [0.25, 0.3) is 15.9 Å². The molecule has 42 heavy (non-hydrogen) atoms. The summed E-state index contributed by atoms with van der Waals surface area (Å²) in [6, 6.07) is 17.7. The zero-order chi connectivity index (χ0) is 30.7. The molecule has 0 spiro atoms. The monoisotopic (exact) mass is 617 g/mol. The summed E-state index contributed by atoms with van der Waals surface area (Å²) in [6.45, 7) is 3.27. The number of rotatable bonds is 10. The van der Waals surface area contributed by atoms with E-state index in [9.17, 15) is 26.7 Å². The number of fused-ring (bicyclic) bond motifs is 1. The van der Waals surface area contributed by atoms with Crippen molar-refractivity contribution in [1.82, 2.24) is 9.21 Å². The molecule has 226 valence electrons. The number of carbonyl (C=O) groups is 1. The second kappa shape index (κ2) is 12.7. The van der Waals surface area contributed by atoms with Crippen molar-refractivity contribution in [3.05, 3.63) is 78.4 Å². The highest BCUT2D eigenvalue weighted by molar-refractivity contribution is 7.92. The molecule has 4 rings (SSSR count). The maximum absolute atomic E-state index is 13.7. The number of nitrogens with one attached hydrogen (secondary N) is 1. The van der Waals surface area contributed by atoms with Crippen LogP contribution in [-0.4, -0.2) is 83.1 Å². The first-order valence-electron chi connectivity index (χ1n) is 13.3. The normalized spacial score (nSPS) is 18.4. The van der Waals surface area contributed by atoms with Crippen molar-refractivity contribution in [2.75, 3.05) is 38.6 Å². The van der Waals surface area contributed by atoms with Gasteiger partial charge < -0.3 is 19.5 Å². The van der Waals surface area contributed by atoms with Gasteiger partial charge in [-0.15, -0.1) is 0 Å². The third-order valence-electron chi connectivity index (χ3n) is 7.19. The molecule has 1 aliphatic heterocycles. The molecule has 13 heteroatoms. The average molecular weight is 618 g/mol. The summed E-state index contributed by atoms with van der Waals surface area (Å²) in [6.07, 6.45) is -0.800. The zero-order valence-corrected chi connectivity index (χ0v) is 25.4. The van der Waals surface area contributed by atoms with Crippen molar-refractivity contribution >= 4 is 31.6 Å². The van der Waals surface area contributed by atoms with E-state index in [4.69, 9.17) is 9.47 Å². The third-order valence-corrected chi connectivity index (χ3v) is 10.4. The van der Waals surface area contributed by atoms with Gasteiger partial charge in [0.2, 0.25) is 10.0 Å². The number of hydrogen-bond donors (Lipinski definition) is 2. The SMILES string of the molecule is COc1ccc(S(=O)(=O)N(C)C[C@H]2Oc3c(NS(=O)(=O)c4ccccc4)cccc3C(=O)N([C@@H](C)CO)C[C@H]2C)cc1. The summed E-state index contributed by atoms with van der Waals surface area (Å²) >= 11 is 0. The van der Waals surface area contributed by atoms with Gasteiger partial charge in [0.15, 0.2) is 5.75 Å². The number of ether oxygens (including phenoxy) is 2. The Morgan fingerprint density at radius 1 is 1.02 bits per heavy atom. The van der Waals surface area contributed by atoms with Crippen molar-refractivity contribution < 1.29 is 36.2 Å². The lowest BCUT2D eigenvalue weighted by Gasteiger charge is -2.38. The second-order valence-corrected chi connectivity index (χ2v) is 13.9. The fourth-order valence-corrected chi connectivity index (χ4v) is 6.89. The standard InChI is InChI=1S/C29H35N3O8S2/c1-20-17-32(21(2)19-33)29(34)25-11-8-12-26(30-41(35,36)23-9-6-5-7-10-23)28(25)40-27(20)18-31(3)42(37,38)24-15-13-22(39-4)14-16-24/h5-16,20-21,27,30,33H,17-19H2,1-4H3/t20-,21+,27-/m1/s1. The van der Waals surface area contributed by atoms with Crippen molar-refractivity contribution in [2.24, 2.45) is 5.92 Å². The molecule has 0 fully saturated rings. The number of likely N-dealkylation sites (N-methyl/N-ethyl adjacent to an activating group) is 1. The predicted octanol–water partition coefficient (Wildman–Crippen LogP) is 3.04. The van der Waals surface area contributed by atoms with E-state index in [0.717, 1.165) is 4.31 Å². The van der Waals surface area contributed by atoms with Gasteiger partial charge in [0.05, 0.1) is 47.3 Å². The predicted molar refractivity (Wildman–Crippen MR) is 158 cm³/mol. The number of amides is 1. The molecule has 0 bridgehead atoms. The highest BCUT2D eigenvalue weighted by Gasteiger charge is 2.36. The fourth-order valence-electron chi connectivity index (χ4n) is 4.62. The number of methoxy groups -OCH3 is 1. The van der Waals surface area contributed by atoms with Crippen LogP contribution < -0.4 is 14.2 Å². The van der Waals surface area contributed by atoms with Crippen LogP contribution in [0.15, 0.2) is 82.6 Å². The summed E-state index contributed by atoms with van der Waals surface area (Å²) in [5.41, 5.74) is 0.113. The molecule has 0 aromatic heterocycles. The summed E-state index contributed by atoms with van der Waals surface area (Å²) < 4.78 is 68.5. The number of sulfonamides is 2. The highest BCUT2D eigenvalue weighted by atomic mass is 32.2. The summed E-state index contributed by atoms with van der Waals surface area (Å²) in [4.78, 5) is 15.3. The van der Waals surface area contributed by atoms with Gasteiger partial charge >= 0.3 is 0 Å². The zero-order valence-electron chi connectivity index (χ0n) is 23.8. The fraction of sp³-hybridized carbons (Fsp3) is 0.345. The number of aliphatic hydroxyl groups excluding tert-OH is 1. The van der Waals surface area contributed by atoms with Crippen LogP contribution >= 0.6 is 0 Å². The lowest BCUT2D eigenvalue weighted by molar-refractivity contribution is 0.0389. The molecule has 0 radical (unpaired) electrons. The Balaban J connectivity index is 1.74. The maximum atomic E-state index is 13.7. The van der Waals surface area contributed by atoms with Crippen LogP contribution in [0.2, 0.25) is 0 Å². The Morgan fingerprint density at radius 2 is 1.69 bits per heavy atom. The molecule has 3 aromatic rings. The first kappa shape index (κ1) is 31.3. The lowest BCUT2D eigenvalue weighted by atomic mass is 9.99. The van der Waals surface area contributed by atoms with Gasteiger partial charge in [0.1, 0.15) is 11.9 Å². The molecule has 11 nitrogen and oxygen atoms in total. The van der Waals surface area contributed by atoms with Crippen LogP contribution in [0.5, 0.6) is 11.5 Å². The van der Waals surface area contributed by atoms with Gasteiger partial charge in [-0.3, -0.25) is 9.52 Å². The van der Waals surface area contributed by atoms with Crippen LogP contribution in [0.1, 0.15) is 24.2 Å². The minimum atomic E-state index is -4.05. The van der Waals surface area contributed by atoms with E-state index in [2.05, 4.69) is 4.72 Å². The van der Waals surface area contributed by atoms with E-state index >= 15 is 0 Å². The Hall–Kier alpha value is -3.65. The third kappa shape index (κ3) is 6.54. The molecule has 0 saturated carbocycles. The Morgan fingerprint density at radius 3 is 2.31 bits per heavy atom. The van der Waals surface area contributed by atoms with Gasteiger partial charge in [0, 0.05) is 19.5 Å². The Bertz CT molecular complexity index is 1610. The molecular formula is C29H35N3O8S2. The molecule has 1 amide bonds. The number of anilines is 1. The smallest absolute Gasteiger partial charge is 0.262 e. The summed E-state index contributed by atoms with van der Waals surface area (Å²) in [7, 11) is -5.07. The van der Waals surface area contributed by atoms with Crippen molar-refractivity contribution in [2.45, 2.75) is 35.8 Å². The minimum Gasteiger partial charge on any atom is -0.497 e. The minimum absolute atomic E-state index is 0.0190. The molecule has 0 unspecified atom stereocenters. The lowest BCUT2D eigenvalue weighted by Crippen LogP contribution is -2.50. The second-order valence-electron chi connectivity index (χ2n) is 10.2. The molecule has 0 saturated heterocycles. The highest BCUT2D eigenvalue weighted by Crippen LogP contribution is 2.36. The molecule has 1 aliphatic rings. The van der Waals surface area contributed by atoms with Gasteiger partial charge in [-0.1, -0.05) is 31.2 Å². The molecule has 3 aromatic carbocycles. The number of carbonyl (C=O) groups excluding carboxylic acids is 1. The number of hydrogen-bond acceptors (Lipinski definition) is 8. The van der Waals surface area contributed by atoms with E-state index in [1.165, 1.54) is 61.5 Å². The van der Waals surface area contributed by atoms with Gasteiger partial charge in [-0.25, -0.2) is 16.8 Å². The van der Waals surface area contributed by atoms with Crippen LogP contribution in [0.25, 0.3) is 0 Å². The van der Waals surface area contributed by atoms with Crippen LogP contribution in [-0.2, 0) is 20.0 Å². The Labute approximate surface area is 246 Å². The number of benzene rings is 3. The van der Waals surface area contributed by atoms with Gasteiger partial charge in [-0.05, 0) is 55.5 Å². The summed E-state index contributed by atoms with van der Waals surface area (Å²) in [5.74, 6) is -0.373. The van der Waals surface area contributed by atoms with E-state index in [-0.39, 0.29) is 46.5 Å². The number of nitrogens with zero attached hydrogens (tertiary/aromatic N) is 2. The van der Waals surface area contributed by atoms with Crippen molar-refractivity contribution in [3.63, 3.8) is 0 Å². The molecule has 0 aliphatic carbocycles. The first-order chi connectivity index (χ1) is 19.9. The number of para-hydroxylation sites is 1. The van der Waals surface area contributed by atoms with Crippen LogP contribution in [0, 0.1) is 5.92 Å². The largest absolute Gasteiger partial charge is 0.497 e. The molecule has 3 atom stereocenters. The van der Waals surface area contributed by atoms with Crippen molar-refractivity contribution in [3.8, 4) is 11.5 Å². The van der Waals surface area contributed by atoms with E-state index in [1.807, 2.05) is 6.92 Å². The topological polar surface area (TPSA) is 143 Å². The first-order valence-corrected chi connectivity index (χ1v) is 16.2. The van der Waals surface area contributed by atoms with E-state index < -0.39 is 44.0 Å². The van der Waals surface area contributed by atoms with E-state index in [1.54, 1.807) is 37.3 Å². The van der Waals surface area contributed by atoms with E-state index in [0.29, 0.717) is 5.75 Å². The molecular weight excluding hydrogens is 582 g/mol. The van der Waals surface area contributed by atoms with Crippen molar-refractivity contribution in [1.29, 1.82) is 0 Å². The quantitative estimate of drug-likeness (QED) is 0.354. The summed E-state index contributed by atoms with van der Waals surface area (Å²) in [5, 5.41) is 9.90. The maximum Gasteiger partial charge on any atom is 0.262 e. The van der Waals surface area contributed by atoms with Crippen LogP contribution in [0.3, 0.4) is 0 Å². The Kier molecular flexibility index (Phi) is 9.46. The number of aliphatic hydroxyl groups is 1. The van der Waals surface area contributed by atoms with Crippen LogP contribution in [0.4, 0.5) is 5.69 Å². The average Bonchev–Trinajstić information content (AvgIpc) is 2.99. The molecule has 2 N–H and O–H groups in total.